The molecule has 1 N–H and O–H groups in total. The predicted octanol–water partition coefficient (Wildman–Crippen LogP) is 5.45. The summed E-state index contributed by atoms with van der Waals surface area (Å²) in [5.41, 5.74) is -12.7. The maximum Gasteiger partial charge on any atom is 0.431 e. The Balaban J connectivity index is 6.11. The average molecular weight is 587 g/mol. The highest BCUT2D eigenvalue weighted by atomic mass is 32.2. The zero-order valence-electron chi connectivity index (χ0n) is 19.0. The second-order valence-corrected chi connectivity index (χ2v) is 11.2. The fourth-order valence-corrected chi connectivity index (χ4v) is 4.27. The minimum atomic E-state index is -6.87. The number of hydrogen-bond donors (Lipinski definition) is 1. The molecule has 19 heteroatoms. The molecule has 0 fully saturated rings. The molecule has 0 aliphatic carbocycles. The minimum Gasteiger partial charge on any atom is -0.331 e. The van der Waals surface area contributed by atoms with Gasteiger partial charge in [-0.05, 0) is 12.3 Å². The van der Waals surface area contributed by atoms with E-state index in [2.05, 4.69) is 0 Å². The zero-order chi connectivity index (χ0) is 29.2. The fourth-order valence-electron chi connectivity index (χ4n) is 3.03. The van der Waals surface area contributed by atoms with Gasteiger partial charge in [0.25, 0.3) is 11.3 Å². The van der Waals surface area contributed by atoms with Crippen molar-refractivity contribution in [2.75, 3.05) is 40.0 Å². The molecular formula is C17H25F14N2O2S+. The van der Waals surface area contributed by atoms with Crippen LogP contribution < -0.4 is 4.72 Å². The smallest absolute Gasteiger partial charge is 0.331 e. The maximum absolute atomic E-state index is 14.1. The van der Waals surface area contributed by atoms with E-state index >= 15 is 0 Å². The molecule has 0 saturated carbocycles. The van der Waals surface area contributed by atoms with Crippen LogP contribution in [0.3, 0.4) is 0 Å². The summed E-state index contributed by atoms with van der Waals surface area (Å²) in [5, 5.41) is 0. The van der Waals surface area contributed by atoms with Gasteiger partial charge < -0.3 is 4.48 Å². The first-order valence-corrected chi connectivity index (χ1v) is 11.6. The molecule has 0 radical (unpaired) electrons. The summed E-state index contributed by atoms with van der Waals surface area (Å²) in [5.74, 6) is -4.91. The molecule has 218 valence electrons. The SMILES string of the molecule is C[N+](C)(C)CCCNS(=O)(=O)CCC(CC(F)(C(F)(F)F)C(F)(F)F)CC(F)(C(F)(F)F)C(F)(F)F. The molecule has 0 heterocycles. The molecule has 0 aromatic rings. The minimum absolute atomic E-state index is 0.137. The van der Waals surface area contributed by atoms with Crippen LogP contribution in [0, 0.1) is 5.92 Å². The van der Waals surface area contributed by atoms with E-state index in [9.17, 15) is 69.9 Å². The van der Waals surface area contributed by atoms with E-state index in [1.165, 1.54) is 0 Å². The molecule has 36 heavy (non-hydrogen) atoms. The summed E-state index contributed by atoms with van der Waals surface area (Å²) in [6.07, 6.45) is -35.4. The van der Waals surface area contributed by atoms with Crippen LogP contribution in [0.15, 0.2) is 0 Å². The van der Waals surface area contributed by atoms with E-state index in [1.807, 2.05) is 4.72 Å². The van der Waals surface area contributed by atoms with Crippen LogP contribution in [-0.2, 0) is 10.0 Å². The molecule has 0 aliphatic rings. The van der Waals surface area contributed by atoms with Crippen molar-refractivity contribution >= 4 is 10.0 Å². The Labute approximate surface area is 197 Å². The third kappa shape index (κ3) is 9.33. The maximum atomic E-state index is 14.1. The molecular weight excluding hydrogens is 562 g/mol. The number of quaternary nitrogens is 1. The standard InChI is InChI=1S/C17H25F14N2O2S/c1-33(2,3)7-4-6-32-36(34,35)8-5-11(9-12(18,14(20,21)22)15(23,24)25)10-13(19,16(26,27)28)17(29,30)31/h11,32H,4-10H2,1-3H3/q+1. The van der Waals surface area contributed by atoms with Gasteiger partial charge in [0.1, 0.15) is 0 Å². The van der Waals surface area contributed by atoms with Gasteiger partial charge in [0.05, 0.1) is 33.4 Å². The largest absolute Gasteiger partial charge is 0.431 e. The van der Waals surface area contributed by atoms with Gasteiger partial charge in [-0.25, -0.2) is 21.9 Å². The van der Waals surface area contributed by atoms with Crippen molar-refractivity contribution in [3.63, 3.8) is 0 Å². The van der Waals surface area contributed by atoms with Gasteiger partial charge in [-0.3, -0.25) is 0 Å². The van der Waals surface area contributed by atoms with Gasteiger partial charge in [0.2, 0.25) is 10.0 Å². The van der Waals surface area contributed by atoms with Gasteiger partial charge in [-0.15, -0.1) is 0 Å². The fraction of sp³-hybridized carbons (Fsp3) is 1.00. The molecule has 0 saturated heterocycles. The number of alkyl halides is 14. The molecule has 0 amide bonds. The van der Waals surface area contributed by atoms with Crippen molar-refractivity contribution in [3.05, 3.63) is 0 Å². The van der Waals surface area contributed by atoms with Gasteiger partial charge in [0.15, 0.2) is 0 Å². The van der Waals surface area contributed by atoms with Crippen molar-refractivity contribution in [1.82, 2.24) is 4.72 Å². The number of rotatable bonds is 12. The molecule has 0 aromatic heterocycles. The van der Waals surface area contributed by atoms with E-state index in [4.69, 9.17) is 0 Å². The number of sulfonamides is 1. The Morgan fingerprint density at radius 1 is 0.667 bits per heavy atom. The van der Waals surface area contributed by atoms with E-state index in [0.29, 0.717) is 11.0 Å². The molecule has 0 atom stereocenters. The van der Waals surface area contributed by atoms with E-state index in [1.54, 1.807) is 21.1 Å². The molecule has 0 unspecified atom stereocenters. The predicted molar refractivity (Wildman–Crippen MR) is 98.5 cm³/mol. The molecule has 0 aromatic carbocycles. The summed E-state index contributed by atoms with van der Waals surface area (Å²) < 4.78 is 209. The van der Waals surface area contributed by atoms with Crippen molar-refractivity contribution in [3.8, 4) is 0 Å². The Bertz CT molecular complexity index is 742. The summed E-state index contributed by atoms with van der Waals surface area (Å²) in [6.45, 7) is 0.00698. The van der Waals surface area contributed by atoms with Crippen LogP contribution >= 0.6 is 0 Å². The Hall–Kier alpha value is -1.11. The molecule has 0 spiro atoms. The highest BCUT2D eigenvalue weighted by Crippen LogP contribution is 2.54. The van der Waals surface area contributed by atoms with E-state index in [0.717, 1.165) is 0 Å². The Morgan fingerprint density at radius 2 is 1.00 bits per heavy atom. The number of nitrogens with zero attached hydrogens (tertiary/aromatic N) is 1. The second kappa shape index (κ2) is 10.9. The number of nitrogens with one attached hydrogen (secondary N) is 1. The van der Waals surface area contributed by atoms with Crippen molar-refractivity contribution in [2.45, 2.75) is 61.7 Å². The lowest BCUT2D eigenvalue weighted by Gasteiger charge is -2.37. The lowest BCUT2D eigenvalue weighted by Crippen LogP contribution is -2.57. The summed E-state index contributed by atoms with van der Waals surface area (Å²) >= 11 is 0. The first-order valence-electron chi connectivity index (χ1n) is 9.92. The third-order valence-corrected chi connectivity index (χ3v) is 6.48. The molecule has 0 rings (SSSR count). The van der Waals surface area contributed by atoms with Crippen LogP contribution in [0.2, 0.25) is 0 Å². The molecule has 0 aliphatic heterocycles. The third-order valence-electron chi connectivity index (χ3n) is 5.06. The first kappa shape index (κ1) is 34.9. The highest BCUT2D eigenvalue weighted by molar-refractivity contribution is 7.89. The van der Waals surface area contributed by atoms with Crippen LogP contribution in [0.5, 0.6) is 0 Å². The van der Waals surface area contributed by atoms with Crippen molar-refractivity contribution in [1.29, 1.82) is 0 Å². The number of halogens is 14. The second-order valence-electron chi connectivity index (χ2n) is 9.24. The van der Waals surface area contributed by atoms with Crippen LogP contribution in [-0.4, -0.2) is 88.9 Å². The zero-order valence-corrected chi connectivity index (χ0v) is 19.8. The summed E-state index contributed by atoms with van der Waals surface area (Å²) in [7, 11) is 0.433. The van der Waals surface area contributed by atoms with Crippen LogP contribution in [0.25, 0.3) is 0 Å². The van der Waals surface area contributed by atoms with Gasteiger partial charge >= 0.3 is 24.7 Å². The quantitative estimate of drug-likeness (QED) is 0.188. The normalized spacial score (nSPS) is 15.6. The molecule has 0 bridgehead atoms. The van der Waals surface area contributed by atoms with E-state index in [-0.39, 0.29) is 13.0 Å². The van der Waals surface area contributed by atoms with Crippen LogP contribution in [0.4, 0.5) is 61.5 Å². The lowest BCUT2D eigenvalue weighted by molar-refractivity contribution is -0.870. The van der Waals surface area contributed by atoms with E-state index < -0.39 is 77.0 Å². The Kier molecular flexibility index (Phi) is 10.6. The summed E-state index contributed by atoms with van der Waals surface area (Å²) in [4.78, 5) is 0. The van der Waals surface area contributed by atoms with Crippen LogP contribution in [0.1, 0.15) is 25.7 Å². The van der Waals surface area contributed by atoms with Gasteiger partial charge in [0, 0.05) is 25.8 Å². The molecule has 4 nitrogen and oxygen atoms in total. The first-order chi connectivity index (χ1) is 15.5. The van der Waals surface area contributed by atoms with Gasteiger partial charge in [-0.2, -0.15) is 52.7 Å². The Morgan fingerprint density at radius 3 is 1.28 bits per heavy atom. The summed E-state index contributed by atoms with van der Waals surface area (Å²) in [6, 6.07) is 0. The van der Waals surface area contributed by atoms with Crippen molar-refractivity contribution < 1.29 is 74.4 Å². The topological polar surface area (TPSA) is 46.2 Å². The van der Waals surface area contributed by atoms with Gasteiger partial charge in [-0.1, -0.05) is 0 Å². The highest BCUT2D eigenvalue weighted by Gasteiger charge is 2.75. The van der Waals surface area contributed by atoms with Crippen molar-refractivity contribution in [2.24, 2.45) is 5.92 Å². The lowest BCUT2D eigenvalue weighted by atomic mass is 9.81. The number of hydrogen-bond acceptors (Lipinski definition) is 2. The monoisotopic (exact) mass is 587 g/mol. The average Bonchev–Trinajstić information content (AvgIpc) is 2.58.